The molecule has 3 rings (SSSR count). The lowest BCUT2D eigenvalue weighted by Gasteiger charge is -2.27. The van der Waals surface area contributed by atoms with Gasteiger partial charge in [-0.2, -0.15) is 4.98 Å². The van der Waals surface area contributed by atoms with Crippen molar-refractivity contribution >= 4 is 44.3 Å². The van der Waals surface area contributed by atoms with Crippen LogP contribution in [-0.2, 0) is 4.74 Å². The highest BCUT2D eigenvalue weighted by Gasteiger charge is 2.29. The Kier molecular flexibility index (Phi) is 4.16. The first-order valence-electron chi connectivity index (χ1n) is 6.56. The Labute approximate surface area is 143 Å². The van der Waals surface area contributed by atoms with Crippen molar-refractivity contribution in [1.82, 2.24) is 9.97 Å². The summed E-state index contributed by atoms with van der Waals surface area (Å²) in [5.74, 6) is -1.48. The molecule has 1 aromatic heterocycles. The van der Waals surface area contributed by atoms with Gasteiger partial charge in [0.25, 0.3) is 0 Å². The van der Waals surface area contributed by atoms with Crippen molar-refractivity contribution in [3.8, 4) is 0 Å². The number of β-amino-alcohol motifs (C(OH)–C–C–N with tert-alkyl or cyclic N) is 1. The number of ether oxygens (including phenoxy) is 1. The zero-order valence-corrected chi connectivity index (χ0v) is 14.2. The van der Waals surface area contributed by atoms with E-state index < -0.39 is 17.2 Å². The van der Waals surface area contributed by atoms with Crippen molar-refractivity contribution in [1.29, 1.82) is 0 Å². The number of benzene rings is 1. The minimum atomic E-state index is -1.18. The Morgan fingerprint density at radius 3 is 2.91 bits per heavy atom. The normalized spacial score (nSPS) is 21.4. The fraction of sp³-hybridized carbons (Fsp3) is 0.286. The second-order valence-electron chi connectivity index (χ2n) is 5.42. The molecule has 0 amide bonds. The highest BCUT2D eigenvalue weighted by molar-refractivity contribution is 9.10. The van der Waals surface area contributed by atoms with Gasteiger partial charge in [0, 0.05) is 11.6 Å². The summed E-state index contributed by atoms with van der Waals surface area (Å²) in [7, 11) is 0. The molecule has 0 unspecified atom stereocenters. The lowest BCUT2D eigenvalue weighted by Crippen LogP contribution is -2.40. The Morgan fingerprint density at radius 2 is 2.17 bits per heavy atom. The first-order chi connectivity index (χ1) is 10.8. The van der Waals surface area contributed by atoms with Crippen LogP contribution in [0.25, 0.3) is 10.9 Å². The van der Waals surface area contributed by atoms with Crippen LogP contribution in [0.3, 0.4) is 0 Å². The second kappa shape index (κ2) is 5.85. The molecule has 1 aromatic carbocycles. The molecule has 0 bridgehead atoms. The second-order valence-corrected chi connectivity index (χ2v) is 6.55. The van der Waals surface area contributed by atoms with Gasteiger partial charge in [-0.25, -0.2) is 13.8 Å². The molecule has 0 saturated heterocycles. The summed E-state index contributed by atoms with van der Waals surface area (Å²) in [6.45, 7) is 1.76. The van der Waals surface area contributed by atoms with E-state index in [4.69, 9.17) is 16.3 Å². The van der Waals surface area contributed by atoms with Gasteiger partial charge >= 0.3 is 0 Å². The molecule has 0 saturated carbocycles. The predicted octanol–water partition coefficient (Wildman–Crippen LogP) is 3.38. The Morgan fingerprint density at radius 1 is 1.43 bits per heavy atom. The molecule has 0 aliphatic carbocycles. The highest BCUT2D eigenvalue weighted by atomic mass is 79.9. The van der Waals surface area contributed by atoms with Gasteiger partial charge in [0.1, 0.15) is 29.4 Å². The summed E-state index contributed by atoms with van der Waals surface area (Å²) in [6, 6.07) is 1.11. The van der Waals surface area contributed by atoms with Gasteiger partial charge in [0.05, 0.1) is 17.3 Å². The molecule has 2 aromatic rings. The minimum Gasteiger partial charge on any atom is -0.497 e. The largest absolute Gasteiger partial charge is 0.497 e. The first-order valence-corrected chi connectivity index (χ1v) is 7.74. The SMILES string of the molecule is C[C@@]1(O)COC=CN(c2nc(Cl)nc3c(F)c(Br)c(F)cc23)C1. The van der Waals surface area contributed by atoms with Gasteiger partial charge in [-0.05, 0) is 40.5 Å². The summed E-state index contributed by atoms with van der Waals surface area (Å²) in [5, 5.41) is 10.2. The molecule has 0 spiro atoms. The van der Waals surface area contributed by atoms with Crippen LogP contribution in [0.1, 0.15) is 6.92 Å². The molecular formula is C14H11BrClF2N3O2. The smallest absolute Gasteiger partial charge is 0.225 e. The van der Waals surface area contributed by atoms with E-state index in [1.54, 1.807) is 6.92 Å². The number of halogens is 4. The summed E-state index contributed by atoms with van der Waals surface area (Å²) in [5.41, 5.74) is -1.30. The van der Waals surface area contributed by atoms with Crippen molar-refractivity contribution < 1.29 is 18.6 Å². The lowest BCUT2D eigenvalue weighted by molar-refractivity contribution is 0.00800. The molecule has 1 atom stereocenters. The number of hydrogen-bond donors (Lipinski definition) is 1. The van der Waals surface area contributed by atoms with Gasteiger partial charge in [-0.1, -0.05) is 0 Å². The number of aliphatic hydroxyl groups is 1. The topological polar surface area (TPSA) is 58.5 Å². The number of nitrogens with zero attached hydrogens (tertiary/aromatic N) is 3. The van der Waals surface area contributed by atoms with Gasteiger partial charge in [-0.3, -0.25) is 0 Å². The number of aromatic nitrogens is 2. The van der Waals surface area contributed by atoms with Crippen molar-refractivity contribution in [2.24, 2.45) is 0 Å². The van der Waals surface area contributed by atoms with Gasteiger partial charge < -0.3 is 14.7 Å². The Hall–Kier alpha value is -1.51. The Balaban J connectivity index is 2.24. The summed E-state index contributed by atoms with van der Waals surface area (Å²) >= 11 is 8.71. The van der Waals surface area contributed by atoms with Crippen molar-refractivity contribution in [2.45, 2.75) is 12.5 Å². The maximum atomic E-state index is 14.3. The molecule has 1 N–H and O–H groups in total. The van der Waals surface area contributed by atoms with E-state index in [-0.39, 0.29) is 39.6 Å². The van der Waals surface area contributed by atoms with E-state index in [1.165, 1.54) is 17.4 Å². The Bertz CT molecular complexity index is 816. The molecule has 0 fully saturated rings. The van der Waals surface area contributed by atoms with Crippen LogP contribution in [0, 0.1) is 11.6 Å². The maximum Gasteiger partial charge on any atom is 0.225 e. The quantitative estimate of drug-likeness (QED) is 0.581. The van der Waals surface area contributed by atoms with Crippen molar-refractivity contribution in [2.75, 3.05) is 18.1 Å². The van der Waals surface area contributed by atoms with Crippen LogP contribution in [0.2, 0.25) is 5.28 Å². The van der Waals surface area contributed by atoms with E-state index in [2.05, 4.69) is 25.9 Å². The molecule has 2 heterocycles. The predicted molar refractivity (Wildman–Crippen MR) is 85.2 cm³/mol. The van der Waals surface area contributed by atoms with Gasteiger partial charge in [0.15, 0.2) is 5.82 Å². The molecule has 122 valence electrons. The average Bonchev–Trinajstić information content (AvgIpc) is 2.66. The molecule has 1 aliphatic heterocycles. The number of rotatable bonds is 1. The number of fused-ring (bicyclic) bond motifs is 1. The highest BCUT2D eigenvalue weighted by Crippen LogP contribution is 2.33. The third-order valence-corrected chi connectivity index (χ3v) is 4.19. The monoisotopic (exact) mass is 405 g/mol. The van der Waals surface area contributed by atoms with Crippen LogP contribution < -0.4 is 4.90 Å². The summed E-state index contributed by atoms with van der Waals surface area (Å²) < 4.78 is 33.0. The lowest BCUT2D eigenvalue weighted by atomic mass is 10.1. The maximum absolute atomic E-state index is 14.3. The van der Waals surface area contributed by atoms with Crippen LogP contribution in [0.15, 0.2) is 23.0 Å². The standard InChI is InChI=1S/C14H11BrClF2N3O2/c1-14(22)5-21(2-3-23-6-14)12-7-4-8(17)9(15)10(18)11(7)19-13(16)20-12/h2-4,22H,5-6H2,1H3/t14-/m0/s1. The van der Waals surface area contributed by atoms with Crippen LogP contribution >= 0.6 is 27.5 Å². The van der Waals surface area contributed by atoms with E-state index in [0.29, 0.717) is 0 Å². The molecule has 9 heteroatoms. The summed E-state index contributed by atoms with van der Waals surface area (Å²) in [4.78, 5) is 9.40. The molecular weight excluding hydrogens is 396 g/mol. The fourth-order valence-electron chi connectivity index (χ4n) is 2.30. The van der Waals surface area contributed by atoms with Crippen LogP contribution in [-0.4, -0.2) is 33.8 Å². The molecule has 1 aliphatic rings. The number of hydrogen-bond acceptors (Lipinski definition) is 5. The van der Waals surface area contributed by atoms with Gasteiger partial charge in [-0.15, -0.1) is 0 Å². The number of anilines is 1. The molecule has 5 nitrogen and oxygen atoms in total. The van der Waals surface area contributed by atoms with Gasteiger partial charge in [0.2, 0.25) is 5.28 Å². The van der Waals surface area contributed by atoms with Crippen LogP contribution in [0.5, 0.6) is 0 Å². The minimum absolute atomic E-state index is 0.0744. The zero-order valence-electron chi connectivity index (χ0n) is 11.9. The molecule has 0 radical (unpaired) electrons. The zero-order chi connectivity index (χ0) is 16.8. The third-order valence-electron chi connectivity index (χ3n) is 3.29. The summed E-state index contributed by atoms with van der Waals surface area (Å²) in [6.07, 6.45) is 2.88. The van der Waals surface area contributed by atoms with Crippen molar-refractivity contribution in [3.63, 3.8) is 0 Å². The van der Waals surface area contributed by atoms with Crippen molar-refractivity contribution in [3.05, 3.63) is 39.9 Å². The van der Waals surface area contributed by atoms with Crippen LogP contribution in [0.4, 0.5) is 14.6 Å². The van der Waals surface area contributed by atoms with E-state index in [1.807, 2.05) is 0 Å². The fourth-order valence-corrected chi connectivity index (χ4v) is 2.77. The molecule has 23 heavy (non-hydrogen) atoms. The first kappa shape index (κ1) is 16.4. The van der Waals surface area contributed by atoms with E-state index >= 15 is 0 Å². The average molecular weight is 407 g/mol. The van der Waals surface area contributed by atoms with E-state index in [9.17, 15) is 13.9 Å². The van der Waals surface area contributed by atoms with E-state index in [0.717, 1.165) is 6.07 Å². The third kappa shape index (κ3) is 3.11.